The predicted molar refractivity (Wildman–Crippen MR) is 90.6 cm³/mol. The molecule has 0 aromatic carbocycles. The molecule has 1 aliphatic heterocycles. The van der Waals surface area contributed by atoms with Gasteiger partial charge in [0.05, 0.1) is 0 Å². The van der Waals surface area contributed by atoms with Crippen molar-refractivity contribution in [1.82, 2.24) is 35.0 Å². The van der Waals surface area contributed by atoms with Crippen molar-refractivity contribution in [3.05, 3.63) is 28.8 Å². The molecule has 0 radical (unpaired) electrons. The van der Waals surface area contributed by atoms with Crippen LogP contribution in [0.2, 0.25) is 0 Å². The van der Waals surface area contributed by atoms with Crippen LogP contribution >= 0.6 is 0 Å². The largest absolute Gasteiger partial charge is 0.354 e. The van der Waals surface area contributed by atoms with E-state index in [1.54, 1.807) is 23.6 Å². The maximum Gasteiger partial charge on any atom is 0.270 e. The van der Waals surface area contributed by atoms with Gasteiger partial charge in [-0.25, -0.2) is 4.68 Å². The Morgan fingerprint density at radius 3 is 2.31 bits per heavy atom. The van der Waals surface area contributed by atoms with Crippen LogP contribution in [-0.4, -0.2) is 78.8 Å². The van der Waals surface area contributed by atoms with Gasteiger partial charge in [0.25, 0.3) is 5.91 Å². The van der Waals surface area contributed by atoms with Crippen molar-refractivity contribution >= 4 is 17.6 Å². The van der Waals surface area contributed by atoms with E-state index in [2.05, 4.69) is 20.5 Å². The first kappa shape index (κ1) is 17.8. The zero-order chi connectivity index (χ0) is 18.8. The van der Waals surface area contributed by atoms with Gasteiger partial charge in [0.15, 0.2) is 5.78 Å². The Labute approximate surface area is 150 Å². The highest BCUT2D eigenvalue weighted by atomic mass is 16.2. The van der Waals surface area contributed by atoms with E-state index in [1.165, 1.54) is 17.9 Å². The van der Waals surface area contributed by atoms with Crippen molar-refractivity contribution in [2.75, 3.05) is 26.2 Å². The molecule has 1 fully saturated rings. The number of aromatic nitrogens is 5. The number of carbonyl (C=O) groups is 3. The number of ketones is 1. The molecule has 0 bridgehead atoms. The van der Waals surface area contributed by atoms with Crippen LogP contribution < -0.4 is 0 Å². The van der Waals surface area contributed by atoms with Crippen molar-refractivity contribution in [3.63, 3.8) is 0 Å². The second kappa shape index (κ2) is 7.06. The van der Waals surface area contributed by atoms with E-state index in [-0.39, 0.29) is 24.1 Å². The molecule has 0 spiro atoms. The van der Waals surface area contributed by atoms with Gasteiger partial charge in [-0.05, 0) is 36.8 Å². The number of carbonyl (C=O) groups excluding carboxylic acids is 3. The molecule has 3 rings (SSSR count). The summed E-state index contributed by atoms with van der Waals surface area (Å²) in [4.78, 5) is 43.2. The first-order chi connectivity index (χ1) is 12.4. The molecule has 2 aromatic rings. The number of H-pyrrole nitrogens is 1. The minimum Gasteiger partial charge on any atom is -0.354 e. The summed E-state index contributed by atoms with van der Waals surface area (Å²) in [7, 11) is 0. The normalized spacial score (nSPS) is 14.6. The minimum absolute atomic E-state index is 0.0617. The van der Waals surface area contributed by atoms with Crippen LogP contribution in [0.5, 0.6) is 0 Å². The highest BCUT2D eigenvalue weighted by molar-refractivity contribution is 6.02. The van der Waals surface area contributed by atoms with Crippen LogP contribution in [0.3, 0.4) is 0 Å². The molecule has 138 valence electrons. The van der Waals surface area contributed by atoms with Crippen molar-refractivity contribution in [2.24, 2.45) is 0 Å². The summed E-state index contributed by atoms with van der Waals surface area (Å²) in [6, 6.07) is 0. The summed E-state index contributed by atoms with van der Waals surface area (Å²) in [5, 5.41) is 10.7. The van der Waals surface area contributed by atoms with Gasteiger partial charge in [-0.1, -0.05) is 0 Å². The van der Waals surface area contributed by atoms with E-state index < -0.39 is 0 Å². The quantitative estimate of drug-likeness (QED) is 0.756. The number of hydrogen-bond acceptors (Lipinski definition) is 6. The fraction of sp³-hybridized carbons (Fsp3) is 0.500. The zero-order valence-electron chi connectivity index (χ0n) is 15.0. The number of nitrogens with one attached hydrogen (secondary N) is 1. The van der Waals surface area contributed by atoms with Crippen molar-refractivity contribution in [3.8, 4) is 0 Å². The lowest BCUT2D eigenvalue weighted by molar-refractivity contribution is -0.133. The first-order valence-electron chi connectivity index (χ1n) is 8.36. The smallest absolute Gasteiger partial charge is 0.270 e. The Hall–Kier alpha value is -3.04. The molecule has 2 amide bonds. The Morgan fingerprint density at radius 1 is 1.12 bits per heavy atom. The molecule has 0 aliphatic carbocycles. The first-order valence-corrected chi connectivity index (χ1v) is 8.36. The third-order valence-corrected chi connectivity index (χ3v) is 4.61. The van der Waals surface area contributed by atoms with Crippen LogP contribution in [0.25, 0.3) is 0 Å². The average Bonchev–Trinajstić information content (AvgIpc) is 3.21. The molecule has 1 aliphatic rings. The number of aromatic amines is 1. The molecular formula is C16H21N7O3. The lowest BCUT2D eigenvalue weighted by atomic mass is 10.1. The molecule has 0 unspecified atom stereocenters. The molecule has 3 heterocycles. The molecule has 26 heavy (non-hydrogen) atoms. The molecule has 1 N–H and O–H groups in total. The van der Waals surface area contributed by atoms with E-state index in [9.17, 15) is 14.4 Å². The van der Waals surface area contributed by atoms with Gasteiger partial charge in [-0.15, -0.1) is 5.10 Å². The highest BCUT2D eigenvalue weighted by Gasteiger charge is 2.28. The summed E-state index contributed by atoms with van der Waals surface area (Å²) >= 11 is 0. The Morgan fingerprint density at radius 2 is 1.77 bits per heavy atom. The predicted octanol–water partition coefficient (Wildman–Crippen LogP) is -0.195. The van der Waals surface area contributed by atoms with Crippen molar-refractivity contribution in [2.45, 2.75) is 27.3 Å². The van der Waals surface area contributed by atoms with Gasteiger partial charge in [0, 0.05) is 37.4 Å². The van der Waals surface area contributed by atoms with Gasteiger partial charge >= 0.3 is 0 Å². The maximum atomic E-state index is 12.8. The number of tetrazole rings is 1. The van der Waals surface area contributed by atoms with Crippen molar-refractivity contribution in [1.29, 1.82) is 0 Å². The number of aryl methyl sites for hydroxylation is 1. The second-order valence-corrected chi connectivity index (χ2v) is 6.36. The third kappa shape index (κ3) is 3.35. The summed E-state index contributed by atoms with van der Waals surface area (Å²) in [6.07, 6.45) is 1.39. The zero-order valence-corrected chi connectivity index (χ0v) is 15.0. The van der Waals surface area contributed by atoms with Gasteiger partial charge in [0.2, 0.25) is 5.91 Å². The molecule has 0 atom stereocenters. The number of rotatable bonds is 4. The van der Waals surface area contributed by atoms with E-state index in [4.69, 9.17) is 0 Å². The molecule has 2 aromatic heterocycles. The standard InChI is InChI=1S/C16H21N7O3/c1-10-14(12(3)24)11(2)18-15(10)16(26)22-6-4-21(5-7-22)13(25)8-23-9-17-19-20-23/h9,18H,4-8H2,1-3H3. The van der Waals surface area contributed by atoms with Crippen LogP contribution in [0.4, 0.5) is 0 Å². The van der Waals surface area contributed by atoms with Crippen LogP contribution in [0.1, 0.15) is 39.0 Å². The van der Waals surface area contributed by atoms with Crippen molar-refractivity contribution < 1.29 is 14.4 Å². The number of piperazine rings is 1. The summed E-state index contributed by atoms with van der Waals surface area (Å²) < 4.78 is 1.37. The van der Waals surface area contributed by atoms with E-state index in [1.807, 2.05) is 0 Å². The summed E-state index contributed by atoms with van der Waals surface area (Å²) in [5.41, 5.74) is 2.40. The summed E-state index contributed by atoms with van der Waals surface area (Å²) in [5.74, 6) is -0.297. The average molecular weight is 359 g/mol. The topological polar surface area (TPSA) is 117 Å². The Balaban J connectivity index is 1.63. The van der Waals surface area contributed by atoms with Crippen LogP contribution in [0, 0.1) is 13.8 Å². The molecular weight excluding hydrogens is 338 g/mol. The monoisotopic (exact) mass is 359 g/mol. The van der Waals surface area contributed by atoms with Gasteiger partial charge in [0.1, 0.15) is 18.6 Å². The number of nitrogens with zero attached hydrogens (tertiary/aromatic N) is 6. The second-order valence-electron chi connectivity index (χ2n) is 6.36. The third-order valence-electron chi connectivity index (χ3n) is 4.61. The fourth-order valence-electron chi connectivity index (χ4n) is 3.30. The fourth-order valence-corrected chi connectivity index (χ4v) is 3.30. The molecule has 0 saturated carbocycles. The van der Waals surface area contributed by atoms with E-state index >= 15 is 0 Å². The van der Waals surface area contributed by atoms with Crippen LogP contribution in [-0.2, 0) is 11.3 Å². The molecule has 10 nitrogen and oxygen atoms in total. The number of Topliss-reactive ketones (excluding diaryl/α,β-unsaturated/α-hetero) is 1. The lowest BCUT2D eigenvalue weighted by Crippen LogP contribution is -2.51. The Bertz CT molecular complexity index is 832. The SMILES string of the molecule is CC(=O)c1c(C)[nH]c(C(=O)N2CCN(C(=O)Cn3cnnn3)CC2)c1C. The van der Waals surface area contributed by atoms with Gasteiger partial charge < -0.3 is 14.8 Å². The van der Waals surface area contributed by atoms with E-state index in [0.717, 1.165) is 0 Å². The molecule has 10 heteroatoms. The number of hydrogen-bond donors (Lipinski definition) is 1. The highest BCUT2D eigenvalue weighted by Crippen LogP contribution is 2.20. The lowest BCUT2D eigenvalue weighted by Gasteiger charge is -2.34. The van der Waals surface area contributed by atoms with Gasteiger partial charge in [-0.2, -0.15) is 0 Å². The summed E-state index contributed by atoms with van der Waals surface area (Å²) in [6.45, 7) is 6.91. The molecule has 1 saturated heterocycles. The minimum atomic E-state index is -0.148. The Kier molecular flexibility index (Phi) is 4.83. The number of amides is 2. The van der Waals surface area contributed by atoms with E-state index in [0.29, 0.717) is 48.7 Å². The maximum absolute atomic E-state index is 12.8. The van der Waals surface area contributed by atoms with Crippen LogP contribution in [0.15, 0.2) is 6.33 Å². The van der Waals surface area contributed by atoms with Gasteiger partial charge in [-0.3, -0.25) is 14.4 Å².